The fourth-order valence-electron chi connectivity index (χ4n) is 8.57. The summed E-state index contributed by atoms with van der Waals surface area (Å²) in [5, 5.41) is 5.16. The zero-order valence-electron chi connectivity index (χ0n) is 24.9. The molecule has 0 spiro atoms. The highest BCUT2D eigenvalue weighted by Gasteiger charge is 2.42. The summed E-state index contributed by atoms with van der Waals surface area (Å²) in [6.45, 7) is 0.137. The van der Waals surface area contributed by atoms with Gasteiger partial charge in [0.05, 0.1) is 22.1 Å². The van der Waals surface area contributed by atoms with E-state index < -0.39 is 0 Å². The van der Waals surface area contributed by atoms with Gasteiger partial charge in [-0.05, 0) is 71.0 Å². The molecule has 0 atom stereocenters. The summed E-state index contributed by atoms with van der Waals surface area (Å²) in [5.74, 6) is 0. The van der Waals surface area contributed by atoms with Gasteiger partial charge in [0.2, 0.25) is 0 Å². The SMILES string of the molecule is c1ccc(N2c3ccccc3B3c4ccccc4-n4c5ccc6c7ccccc7n(-c7ccccc7)c6c5c5ccc2c3c54)cc1. The molecule has 4 heteroatoms. The Hall–Kier alpha value is -6.00. The Balaban J connectivity index is 1.37. The number of anilines is 3. The highest BCUT2D eigenvalue weighted by atomic mass is 15.2. The first kappa shape index (κ1) is 24.3. The van der Waals surface area contributed by atoms with E-state index in [4.69, 9.17) is 0 Å². The molecule has 0 saturated carbocycles. The second kappa shape index (κ2) is 8.80. The van der Waals surface area contributed by atoms with Gasteiger partial charge in [-0.15, -0.1) is 0 Å². The average molecular weight is 584 g/mol. The maximum absolute atomic E-state index is 2.55. The van der Waals surface area contributed by atoms with Crippen molar-refractivity contribution in [3.8, 4) is 11.4 Å². The van der Waals surface area contributed by atoms with Gasteiger partial charge in [-0.2, -0.15) is 0 Å². The third-order valence-electron chi connectivity index (χ3n) is 10.3. The zero-order valence-corrected chi connectivity index (χ0v) is 24.9. The molecule has 0 saturated heterocycles. The van der Waals surface area contributed by atoms with Crippen molar-refractivity contribution in [2.24, 2.45) is 0 Å². The number of hydrogen-bond donors (Lipinski definition) is 0. The summed E-state index contributed by atoms with van der Waals surface area (Å²) < 4.78 is 5.03. The van der Waals surface area contributed by atoms with E-state index in [1.807, 2.05) is 0 Å². The number of hydrogen-bond acceptors (Lipinski definition) is 1. The normalized spacial score (nSPS) is 13.1. The molecule has 0 fully saturated rings. The van der Waals surface area contributed by atoms with Gasteiger partial charge in [-0.25, -0.2) is 0 Å². The Morgan fingerprint density at radius 2 is 1.00 bits per heavy atom. The summed E-state index contributed by atoms with van der Waals surface area (Å²) in [4.78, 5) is 2.47. The van der Waals surface area contributed by atoms with E-state index in [-0.39, 0.29) is 6.71 Å². The number of nitrogens with zero attached hydrogens (tertiary/aromatic N) is 3. The lowest BCUT2D eigenvalue weighted by Crippen LogP contribution is -2.60. The van der Waals surface area contributed by atoms with Crippen molar-refractivity contribution in [2.45, 2.75) is 0 Å². The van der Waals surface area contributed by atoms with Gasteiger partial charge in [0.25, 0.3) is 6.71 Å². The minimum absolute atomic E-state index is 0.137. The van der Waals surface area contributed by atoms with Crippen LogP contribution in [0, 0.1) is 0 Å². The Labute approximate surface area is 266 Å². The molecule has 2 aliphatic heterocycles. The summed E-state index contributed by atoms with van der Waals surface area (Å²) >= 11 is 0. The van der Waals surface area contributed by atoms with Gasteiger partial charge < -0.3 is 14.0 Å². The van der Waals surface area contributed by atoms with Crippen LogP contribution in [0.4, 0.5) is 17.1 Å². The number of aromatic nitrogens is 2. The standard InChI is InChI=1S/C42H26BN3/c1-3-13-27(14-4-1)44-35-21-11-8-18-32(35)43-33-19-9-12-22-36(33)46-37-25-23-30-29-17-7-10-20-34(29)45(28-15-5-2-6-16-28)41(30)39(37)31-24-26-38(44)40(43)42(31)46/h1-26H. The van der Waals surface area contributed by atoms with E-state index >= 15 is 0 Å². The molecule has 0 amide bonds. The van der Waals surface area contributed by atoms with E-state index in [2.05, 4.69) is 172 Å². The first-order valence-corrected chi connectivity index (χ1v) is 16.0. The molecule has 9 aromatic rings. The summed E-state index contributed by atoms with van der Waals surface area (Å²) in [7, 11) is 0. The monoisotopic (exact) mass is 583 g/mol. The second-order valence-corrected chi connectivity index (χ2v) is 12.5. The van der Waals surface area contributed by atoms with Crippen LogP contribution in [0.3, 0.4) is 0 Å². The van der Waals surface area contributed by atoms with Crippen molar-refractivity contribution in [1.82, 2.24) is 9.13 Å². The fraction of sp³-hybridized carbons (Fsp3) is 0. The predicted octanol–water partition coefficient (Wildman–Crippen LogP) is 8.49. The quantitative estimate of drug-likeness (QED) is 0.186. The van der Waals surface area contributed by atoms with Crippen molar-refractivity contribution >= 4 is 83.8 Å². The lowest BCUT2D eigenvalue weighted by Gasteiger charge is -2.39. The molecule has 11 rings (SSSR count). The van der Waals surface area contributed by atoms with Gasteiger partial charge in [-0.1, -0.05) is 103 Å². The molecule has 0 N–H and O–H groups in total. The number of rotatable bonds is 2. The first-order valence-electron chi connectivity index (χ1n) is 16.0. The van der Waals surface area contributed by atoms with E-state index in [1.54, 1.807) is 0 Å². The smallest absolute Gasteiger partial charge is 0.252 e. The largest absolute Gasteiger partial charge is 0.311 e. The topological polar surface area (TPSA) is 13.1 Å². The Bertz CT molecular complexity index is 2700. The first-order chi connectivity index (χ1) is 22.9. The maximum atomic E-state index is 2.55. The van der Waals surface area contributed by atoms with Crippen molar-refractivity contribution in [1.29, 1.82) is 0 Å². The van der Waals surface area contributed by atoms with Crippen LogP contribution in [0.5, 0.6) is 0 Å². The molecular weight excluding hydrogens is 557 g/mol. The highest BCUT2D eigenvalue weighted by molar-refractivity contribution is 7.00. The van der Waals surface area contributed by atoms with Crippen molar-refractivity contribution in [3.05, 3.63) is 158 Å². The van der Waals surface area contributed by atoms with Crippen LogP contribution in [0.1, 0.15) is 0 Å². The summed E-state index contributed by atoms with van der Waals surface area (Å²) in [5.41, 5.74) is 15.2. The molecule has 4 heterocycles. The Kier molecular flexibility index (Phi) is 4.66. The molecule has 3 nitrogen and oxygen atoms in total. The second-order valence-electron chi connectivity index (χ2n) is 12.5. The average Bonchev–Trinajstić information content (AvgIpc) is 3.65. The van der Waals surface area contributed by atoms with Crippen LogP contribution >= 0.6 is 0 Å². The van der Waals surface area contributed by atoms with E-state index in [1.165, 1.54) is 88.4 Å². The third kappa shape index (κ3) is 2.94. The van der Waals surface area contributed by atoms with E-state index in [0.29, 0.717) is 0 Å². The van der Waals surface area contributed by atoms with Crippen molar-refractivity contribution in [2.75, 3.05) is 4.90 Å². The van der Waals surface area contributed by atoms with Crippen LogP contribution < -0.4 is 21.3 Å². The predicted molar refractivity (Wildman–Crippen MR) is 194 cm³/mol. The molecule has 2 aliphatic rings. The van der Waals surface area contributed by atoms with Crippen LogP contribution in [0.2, 0.25) is 0 Å². The van der Waals surface area contributed by atoms with Gasteiger partial charge in [0, 0.05) is 50.0 Å². The minimum Gasteiger partial charge on any atom is -0.311 e. The van der Waals surface area contributed by atoms with Crippen LogP contribution in [-0.2, 0) is 0 Å². The van der Waals surface area contributed by atoms with Gasteiger partial charge in [0.1, 0.15) is 0 Å². The van der Waals surface area contributed by atoms with E-state index in [0.717, 1.165) is 0 Å². The van der Waals surface area contributed by atoms with Gasteiger partial charge in [-0.3, -0.25) is 0 Å². The number of benzene rings is 7. The fourth-order valence-corrected chi connectivity index (χ4v) is 8.57. The lowest BCUT2D eigenvalue weighted by atomic mass is 9.34. The molecule has 0 unspecified atom stereocenters. The molecule has 7 aromatic carbocycles. The zero-order chi connectivity index (χ0) is 29.9. The van der Waals surface area contributed by atoms with Crippen LogP contribution in [-0.4, -0.2) is 15.8 Å². The van der Waals surface area contributed by atoms with E-state index in [9.17, 15) is 0 Å². The minimum atomic E-state index is 0.137. The highest BCUT2D eigenvalue weighted by Crippen LogP contribution is 2.45. The molecule has 212 valence electrons. The maximum Gasteiger partial charge on any atom is 0.252 e. The van der Waals surface area contributed by atoms with Gasteiger partial charge in [0.15, 0.2) is 0 Å². The number of fused-ring (bicyclic) bond motifs is 12. The lowest BCUT2D eigenvalue weighted by molar-refractivity contribution is 1.18. The molecule has 0 bridgehead atoms. The molecule has 0 radical (unpaired) electrons. The molecular formula is C42H26BN3. The van der Waals surface area contributed by atoms with Gasteiger partial charge >= 0.3 is 0 Å². The van der Waals surface area contributed by atoms with Crippen molar-refractivity contribution < 1.29 is 0 Å². The summed E-state index contributed by atoms with van der Waals surface area (Å²) in [6, 6.07) is 58.0. The van der Waals surface area contributed by atoms with Crippen molar-refractivity contribution in [3.63, 3.8) is 0 Å². The van der Waals surface area contributed by atoms with Crippen LogP contribution in [0.15, 0.2) is 158 Å². The molecule has 0 aliphatic carbocycles. The summed E-state index contributed by atoms with van der Waals surface area (Å²) in [6.07, 6.45) is 0. The third-order valence-corrected chi connectivity index (χ3v) is 10.3. The Morgan fingerprint density at radius 3 is 1.80 bits per heavy atom. The van der Waals surface area contributed by atoms with Crippen LogP contribution in [0.25, 0.3) is 55.0 Å². The molecule has 46 heavy (non-hydrogen) atoms. The Morgan fingerprint density at radius 1 is 0.370 bits per heavy atom. The number of para-hydroxylation sites is 5. The molecule has 2 aromatic heterocycles.